The molecule has 136 valence electrons. The van der Waals surface area contributed by atoms with Crippen LogP contribution in [0, 0.1) is 5.92 Å². The van der Waals surface area contributed by atoms with Gasteiger partial charge in [-0.15, -0.1) is 0 Å². The van der Waals surface area contributed by atoms with Crippen molar-refractivity contribution in [1.82, 2.24) is 4.90 Å². The molecule has 0 spiro atoms. The molecule has 0 aliphatic carbocycles. The number of para-hydroxylation sites is 2. The highest BCUT2D eigenvalue weighted by atomic mass is 16.5. The summed E-state index contributed by atoms with van der Waals surface area (Å²) in [7, 11) is 0. The van der Waals surface area contributed by atoms with Gasteiger partial charge in [-0.25, -0.2) is 0 Å². The van der Waals surface area contributed by atoms with E-state index in [0.29, 0.717) is 6.54 Å². The molecule has 0 N–H and O–H groups in total. The first-order valence-electron chi connectivity index (χ1n) is 9.58. The van der Waals surface area contributed by atoms with E-state index in [1.165, 1.54) is 32.1 Å². The van der Waals surface area contributed by atoms with Crippen molar-refractivity contribution < 1.29 is 9.53 Å². The predicted molar refractivity (Wildman–Crippen MR) is 102 cm³/mol. The third-order valence-corrected chi connectivity index (χ3v) is 5.31. The van der Waals surface area contributed by atoms with Crippen LogP contribution in [0.4, 0.5) is 5.69 Å². The fraction of sp³-hybridized carbons (Fsp3) is 0.571. The molecule has 1 amide bonds. The van der Waals surface area contributed by atoms with E-state index in [0.717, 1.165) is 42.6 Å². The maximum atomic E-state index is 12.3. The number of likely N-dealkylation sites (tertiary alicyclic amines) is 1. The maximum absolute atomic E-state index is 12.3. The second-order valence-corrected chi connectivity index (χ2v) is 7.35. The predicted octanol–water partition coefficient (Wildman–Crippen LogP) is 3.87. The average Bonchev–Trinajstić information content (AvgIpc) is 2.63. The average molecular weight is 342 g/mol. The standard InChI is InChI=1S/C21H30N2O2/c1-3-4-7-18-10-12-22(13-11-18)14-17(2)15-23-19-8-5-6-9-20(19)25-16-21(23)24/h5-6,8-9,18H,2-4,7,10-16H2,1H3. The molecule has 0 aromatic heterocycles. The number of piperidine rings is 1. The molecule has 3 rings (SSSR count). The summed E-state index contributed by atoms with van der Waals surface area (Å²) in [5, 5.41) is 0. The van der Waals surface area contributed by atoms with Crippen molar-refractivity contribution in [2.75, 3.05) is 37.7 Å². The molecule has 0 saturated carbocycles. The Bertz CT molecular complexity index is 606. The number of nitrogens with zero attached hydrogens (tertiary/aromatic N) is 2. The van der Waals surface area contributed by atoms with Crippen LogP contribution in [-0.2, 0) is 4.79 Å². The fourth-order valence-electron chi connectivity index (χ4n) is 3.84. The van der Waals surface area contributed by atoms with E-state index < -0.39 is 0 Å². The van der Waals surface area contributed by atoms with Crippen LogP contribution in [0.3, 0.4) is 0 Å². The van der Waals surface area contributed by atoms with Crippen LogP contribution in [0.25, 0.3) is 0 Å². The Balaban J connectivity index is 1.51. The molecule has 0 atom stereocenters. The quantitative estimate of drug-likeness (QED) is 0.705. The highest BCUT2D eigenvalue weighted by molar-refractivity contribution is 5.98. The Morgan fingerprint density at radius 2 is 2.00 bits per heavy atom. The summed E-state index contributed by atoms with van der Waals surface area (Å²) >= 11 is 0. The van der Waals surface area contributed by atoms with Crippen LogP contribution in [0.15, 0.2) is 36.4 Å². The number of carbonyl (C=O) groups is 1. The van der Waals surface area contributed by atoms with Gasteiger partial charge in [0.15, 0.2) is 6.61 Å². The number of hydrogen-bond donors (Lipinski definition) is 0. The molecule has 2 heterocycles. The molecule has 1 aromatic rings. The lowest BCUT2D eigenvalue weighted by atomic mass is 9.91. The van der Waals surface area contributed by atoms with Gasteiger partial charge in [-0.2, -0.15) is 0 Å². The molecule has 0 unspecified atom stereocenters. The van der Waals surface area contributed by atoms with Gasteiger partial charge in [0.1, 0.15) is 5.75 Å². The van der Waals surface area contributed by atoms with Gasteiger partial charge in [0.2, 0.25) is 0 Å². The molecular formula is C21H30N2O2. The van der Waals surface area contributed by atoms with Gasteiger partial charge >= 0.3 is 0 Å². The van der Waals surface area contributed by atoms with E-state index in [9.17, 15) is 4.79 Å². The minimum absolute atomic E-state index is 0.0122. The van der Waals surface area contributed by atoms with Gasteiger partial charge in [0.05, 0.1) is 5.69 Å². The Morgan fingerprint density at radius 3 is 2.76 bits per heavy atom. The monoisotopic (exact) mass is 342 g/mol. The van der Waals surface area contributed by atoms with Gasteiger partial charge in [-0.05, 0) is 49.6 Å². The number of fused-ring (bicyclic) bond motifs is 1. The van der Waals surface area contributed by atoms with Gasteiger partial charge in [0.25, 0.3) is 5.91 Å². The Hall–Kier alpha value is -1.81. The van der Waals surface area contributed by atoms with Crippen molar-refractivity contribution in [2.24, 2.45) is 5.92 Å². The summed E-state index contributed by atoms with van der Waals surface area (Å²) in [5.41, 5.74) is 1.95. The zero-order valence-corrected chi connectivity index (χ0v) is 15.4. The summed E-state index contributed by atoms with van der Waals surface area (Å²) < 4.78 is 5.51. The van der Waals surface area contributed by atoms with E-state index >= 15 is 0 Å². The first kappa shape index (κ1) is 18.0. The number of ether oxygens (including phenoxy) is 1. The molecule has 0 bridgehead atoms. The highest BCUT2D eigenvalue weighted by Gasteiger charge is 2.26. The molecule has 2 aliphatic heterocycles. The number of amides is 1. The van der Waals surface area contributed by atoms with Crippen LogP contribution >= 0.6 is 0 Å². The summed E-state index contributed by atoms with van der Waals surface area (Å²) in [4.78, 5) is 16.6. The Morgan fingerprint density at radius 1 is 1.24 bits per heavy atom. The second kappa shape index (κ2) is 8.52. The molecule has 4 nitrogen and oxygen atoms in total. The Kier molecular flexibility index (Phi) is 6.14. The van der Waals surface area contributed by atoms with Crippen molar-refractivity contribution in [1.29, 1.82) is 0 Å². The smallest absolute Gasteiger partial charge is 0.265 e. The lowest BCUT2D eigenvalue weighted by molar-refractivity contribution is -0.121. The topological polar surface area (TPSA) is 32.8 Å². The van der Waals surface area contributed by atoms with Gasteiger partial charge < -0.3 is 9.64 Å². The largest absolute Gasteiger partial charge is 0.482 e. The van der Waals surface area contributed by atoms with E-state index in [4.69, 9.17) is 4.74 Å². The highest BCUT2D eigenvalue weighted by Crippen LogP contribution is 2.32. The normalized spacial score (nSPS) is 18.8. The van der Waals surface area contributed by atoms with Gasteiger partial charge in [0, 0.05) is 13.1 Å². The van der Waals surface area contributed by atoms with Crippen molar-refractivity contribution >= 4 is 11.6 Å². The summed E-state index contributed by atoms with van der Waals surface area (Å²) in [6, 6.07) is 7.74. The van der Waals surface area contributed by atoms with E-state index in [1.807, 2.05) is 29.2 Å². The van der Waals surface area contributed by atoms with Crippen LogP contribution in [0.5, 0.6) is 5.75 Å². The number of hydrogen-bond acceptors (Lipinski definition) is 3. The van der Waals surface area contributed by atoms with Crippen molar-refractivity contribution in [3.63, 3.8) is 0 Å². The minimum Gasteiger partial charge on any atom is -0.482 e. The minimum atomic E-state index is 0.0122. The molecule has 1 fully saturated rings. The maximum Gasteiger partial charge on any atom is 0.265 e. The van der Waals surface area contributed by atoms with E-state index in [-0.39, 0.29) is 12.5 Å². The zero-order valence-electron chi connectivity index (χ0n) is 15.4. The van der Waals surface area contributed by atoms with Crippen molar-refractivity contribution in [3.8, 4) is 5.75 Å². The molecule has 0 radical (unpaired) electrons. The first-order chi connectivity index (χ1) is 12.2. The number of rotatable bonds is 7. The van der Waals surface area contributed by atoms with Crippen LogP contribution in [0.1, 0.15) is 39.0 Å². The molecule has 25 heavy (non-hydrogen) atoms. The SMILES string of the molecule is C=C(CN1CCC(CCCC)CC1)CN1C(=O)COc2ccccc21. The van der Waals surface area contributed by atoms with E-state index in [2.05, 4.69) is 18.4 Å². The summed E-state index contributed by atoms with van der Waals surface area (Å²) in [6.07, 6.45) is 6.63. The van der Waals surface area contributed by atoms with Crippen molar-refractivity contribution in [3.05, 3.63) is 36.4 Å². The molecular weight excluding hydrogens is 312 g/mol. The number of carbonyl (C=O) groups excluding carboxylic acids is 1. The van der Waals surface area contributed by atoms with Crippen LogP contribution in [-0.4, -0.2) is 43.6 Å². The molecule has 1 saturated heterocycles. The molecule has 2 aliphatic rings. The summed E-state index contributed by atoms with van der Waals surface area (Å²) in [6.45, 7) is 10.4. The molecule has 1 aromatic carbocycles. The number of benzene rings is 1. The fourth-order valence-corrected chi connectivity index (χ4v) is 3.84. The van der Waals surface area contributed by atoms with Crippen molar-refractivity contribution in [2.45, 2.75) is 39.0 Å². The zero-order chi connectivity index (χ0) is 17.6. The molecule has 4 heteroatoms. The lowest BCUT2D eigenvalue weighted by Crippen LogP contribution is -2.42. The second-order valence-electron chi connectivity index (χ2n) is 7.35. The number of anilines is 1. The number of unbranched alkanes of at least 4 members (excludes halogenated alkanes) is 1. The third-order valence-electron chi connectivity index (χ3n) is 5.31. The Labute approximate surface area is 151 Å². The van der Waals surface area contributed by atoms with Gasteiger partial charge in [-0.1, -0.05) is 44.9 Å². The van der Waals surface area contributed by atoms with Gasteiger partial charge in [-0.3, -0.25) is 9.69 Å². The lowest BCUT2D eigenvalue weighted by Gasteiger charge is -2.34. The third kappa shape index (κ3) is 4.63. The first-order valence-corrected chi connectivity index (χ1v) is 9.58. The van der Waals surface area contributed by atoms with E-state index in [1.54, 1.807) is 0 Å². The van der Waals surface area contributed by atoms with Crippen LogP contribution < -0.4 is 9.64 Å². The summed E-state index contributed by atoms with van der Waals surface area (Å²) in [5.74, 6) is 1.70. The van der Waals surface area contributed by atoms with Crippen LogP contribution in [0.2, 0.25) is 0 Å².